The number of ether oxygens (including phenoxy) is 1. The number of benzene rings is 1. The molecule has 4 nitrogen and oxygen atoms in total. The van der Waals surface area contributed by atoms with Crippen molar-refractivity contribution in [2.45, 2.75) is 18.9 Å². The maximum absolute atomic E-state index is 5.86. The van der Waals surface area contributed by atoms with Crippen molar-refractivity contribution in [2.75, 3.05) is 13.2 Å². The minimum atomic E-state index is 0.119. The van der Waals surface area contributed by atoms with Crippen molar-refractivity contribution < 1.29 is 4.74 Å². The van der Waals surface area contributed by atoms with Gasteiger partial charge in [0.1, 0.15) is 0 Å². The van der Waals surface area contributed by atoms with Crippen LogP contribution in [0.4, 0.5) is 0 Å². The first-order valence-corrected chi connectivity index (χ1v) is 5.99. The topological polar surface area (TPSA) is 73.6 Å². The summed E-state index contributed by atoms with van der Waals surface area (Å²) in [5.74, 6) is 0.524. The highest BCUT2D eigenvalue weighted by Crippen LogP contribution is 2.33. The third-order valence-electron chi connectivity index (χ3n) is 3.08. The molecule has 1 heterocycles. The van der Waals surface area contributed by atoms with Crippen LogP contribution in [0.3, 0.4) is 0 Å². The first-order valence-electron chi connectivity index (χ1n) is 5.99. The predicted molar refractivity (Wildman–Crippen MR) is 68.5 cm³/mol. The fourth-order valence-corrected chi connectivity index (χ4v) is 2.26. The van der Waals surface area contributed by atoms with E-state index in [0.29, 0.717) is 12.5 Å². The van der Waals surface area contributed by atoms with Gasteiger partial charge in [0, 0.05) is 19.1 Å². The molecule has 0 spiro atoms. The molecule has 0 radical (unpaired) electrons. The number of guanidine groups is 1. The molecule has 1 aromatic rings. The summed E-state index contributed by atoms with van der Waals surface area (Å²) in [5.41, 5.74) is 12.0. The summed E-state index contributed by atoms with van der Waals surface area (Å²) in [6.45, 7) is 1.46. The van der Waals surface area contributed by atoms with Crippen molar-refractivity contribution in [1.29, 1.82) is 0 Å². The van der Waals surface area contributed by atoms with Gasteiger partial charge in [0.05, 0.1) is 6.10 Å². The lowest BCUT2D eigenvalue weighted by Crippen LogP contribution is -2.28. The standard InChI is InChI=1S/C13H19N3O/c14-13(15)16-9-11-7-4-8-17-12(11)10-5-2-1-3-6-10/h1-3,5-6,11-12H,4,7-9H2,(H4,14,15,16). The van der Waals surface area contributed by atoms with Gasteiger partial charge in [-0.2, -0.15) is 0 Å². The van der Waals surface area contributed by atoms with Crippen molar-refractivity contribution >= 4 is 5.96 Å². The zero-order chi connectivity index (χ0) is 12.1. The second-order valence-corrected chi connectivity index (χ2v) is 4.37. The lowest BCUT2D eigenvalue weighted by Gasteiger charge is -2.31. The van der Waals surface area contributed by atoms with E-state index in [1.807, 2.05) is 18.2 Å². The molecule has 4 N–H and O–H groups in total. The van der Waals surface area contributed by atoms with Gasteiger partial charge in [-0.25, -0.2) is 0 Å². The highest BCUT2D eigenvalue weighted by molar-refractivity contribution is 5.75. The van der Waals surface area contributed by atoms with Gasteiger partial charge in [-0.15, -0.1) is 0 Å². The van der Waals surface area contributed by atoms with Crippen molar-refractivity contribution in [3.8, 4) is 0 Å². The molecule has 0 aliphatic carbocycles. The second kappa shape index (κ2) is 5.68. The fourth-order valence-electron chi connectivity index (χ4n) is 2.26. The molecule has 1 saturated heterocycles. The maximum Gasteiger partial charge on any atom is 0.185 e. The molecule has 92 valence electrons. The summed E-state index contributed by atoms with van der Waals surface area (Å²) in [7, 11) is 0. The van der Waals surface area contributed by atoms with Crippen LogP contribution in [-0.2, 0) is 4.74 Å². The van der Waals surface area contributed by atoms with E-state index < -0.39 is 0 Å². The second-order valence-electron chi connectivity index (χ2n) is 4.37. The Morgan fingerprint density at radius 2 is 2.06 bits per heavy atom. The molecule has 17 heavy (non-hydrogen) atoms. The molecular weight excluding hydrogens is 214 g/mol. The maximum atomic E-state index is 5.86. The van der Waals surface area contributed by atoms with Gasteiger partial charge in [0.2, 0.25) is 0 Å². The smallest absolute Gasteiger partial charge is 0.185 e. The molecule has 0 amide bonds. The van der Waals surface area contributed by atoms with Crippen molar-refractivity contribution in [3.05, 3.63) is 35.9 Å². The first-order chi connectivity index (χ1) is 8.27. The van der Waals surface area contributed by atoms with Crippen LogP contribution >= 0.6 is 0 Å². The van der Waals surface area contributed by atoms with Crippen LogP contribution in [0.5, 0.6) is 0 Å². The fraction of sp³-hybridized carbons (Fsp3) is 0.462. The van der Waals surface area contributed by atoms with Gasteiger partial charge < -0.3 is 16.2 Å². The largest absolute Gasteiger partial charge is 0.373 e. The summed E-state index contributed by atoms with van der Waals surface area (Å²) in [5, 5.41) is 0. The van der Waals surface area contributed by atoms with Gasteiger partial charge in [-0.05, 0) is 18.4 Å². The van der Waals surface area contributed by atoms with E-state index in [-0.39, 0.29) is 12.1 Å². The summed E-state index contributed by atoms with van der Waals surface area (Å²) >= 11 is 0. The molecule has 0 aromatic heterocycles. The molecule has 1 fully saturated rings. The van der Waals surface area contributed by atoms with Gasteiger partial charge in [-0.1, -0.05) is 30.3 Å². The quantitative estimate of drug-likeness (QED) is 0.612. The number of aliphatic imine (C=N–C) groups is 1. The Kier molecular flexibility index (Phi) is 3.98. The molecule has 1 aliphatic heterocycles. The average Bonchev–Trinajstić information content (AvgIpc) is 2.38. The number of nitrogens with two attached hydrogens (primary N) is 2. The molecule has 2 rings (SSSR count). The van der Waals surface area contributed by atoms with Crippen molar-refractivity contribution in [3.63, 3.8) is 0 Å². The van der Waals surface area contributed by atoms with Crippen molar-refractivity contribution in [1.82, 2.24) is 0 Å². The normalized spacial score (nSPS) is 24.2. The molecule has 1 aromatic carbocycles. The van der Waals surface area contributed by atoms with E-state index in [9.17, 15) is 0 Å². The highest BCUT2D eigenvalue weighted by Gasteiger charge is 2.26. The Morgan fingerprint density at radius 1 is 1.29 bits per heavy atom. The van der Waals surface area contributed by atoms with Gasteiger partial charge in [-0.3, -0.25) is 4.99 Å². The van der Waals surface area contributed by atoms with Crippen LogP contribution in [0.1, 0.15) is 24.5 Å². The van der Waals surface area contributed by atoms with Crippen LogP contribution in [0.25, 0.3) is 0 Å². The molecule has 4 heteroatoms. The lowest BCUT2D eigenvalue weighted by atomic mass is 9.89. The third-order valence-corrected chi connectivity index (χ3v) is 3.08. The van der Waals surface area contributed by atoms with Crippen LogP contribution in [0.2, 0.25) is 0 Å². The Labute approximate surface area is 102 Å². The van der Waals surface area contributed by atoms with Crippen LogP contribution < -0.4 is 11.5 Å². The highest BCUT2D eigenvalue weighted by atomic mass is 16.5. The van der Waals surface area contributed by atoms with E-state index in [1.54, 1.807) is 0 Å². The monoisotopic (exact) mass is 233 g/mol. The third kappa shape index (κ3) is 3.20. The van der Waals surface area contributed by atoms with Crippen LogP contribution in [-0.4, -0.2) is 19.1 Å². The summed E-state index contributed by atoms with van der Waals surface area (Å²) in [4.78, 5) is 4.12. The molecule has 2 unspecified atom stereocenters. The number of hydrogen-bond acceptors (Lipinski definition) is 2. The Morgan fingerprint density at radius 3 is 2.76 bits per heavy atom. The number of nitrogens with zero attached hydrogens (tertiary/aromatic N) is 1. The zero-order valence-corrected chi connectivity index (χ0v) is 9.88. The zero-order valence-electron chi connectivity index (χ0n) is 9.88. The first kappa shape index (κ1) is 11.9. The minimum Gasteiger partial charge on any atom is -0.373 e. The summed E-state index contributed by atoms with van der Waals surface area (Å²) in [6.07, 6.45) is 2.30. The number of rotatable bonds is 3. The van der Waals surface area contributed by atoms with Crippen LogP contribution in [0, 0.1) is 5.92 Å². The van der Waals surface area contributed by atoms with Gasteiger partial charge >= 0.3 is 0 Å². The van der Waals surface area contributed by atoms with E-state index >= 15 is 0 Å². The van der Waals surface area contributed by atoms with E-state index in [2.05, 4.69) is 17.1 Å². The van der Waals surface area contributed by atoms with E-state index in [0.717, 1.165) is 19.4 Å². The molecule has 2 atom stereocenters. The van der Waals surface area contributed by atoms with Gasteiger partial charge in [0.15, 0.2) is 5.96 Å². The molecular formula is C13H19N3O. The number of hydrogen-bond donors (Lipinski definition) is 2. The van der Waals surface area contributed by atoms with E-state index in [1.165, 1.54) is 5.56 Å². The summed E-state index contributed by atoms with van der Waals surface area (Å²) < 4.78 is 5.86. The molecule has 0 bridgehead atoms. The average molecular weight is 233 g/mol. The Balaban J connectivity index is 2.10. The van der Waals surface area contributed by atoms with Crippen molar-refractivity contribution in [2.24, 2.45) is 22.4 Å². The van der Waals surface area contributed by atoms with Crippen LogP contribution in [0.15, 0.2) is 35.3 Å². The Hall–Kier alpha value is -1.55. The Bertz CT molecular complexity index is 374. The molecule has 1 aliphatic rings. The predicted octanol–water partition coefficient (Wildman–Crippen LogP) is 1.43. The molecule has 0 saturated carbocycles. The van der Waals surface area contributed by atoms with Gasteiger partial charge in [0.25, 0.3) is 0 Å². The van der Waals surface area contributed by atoms with E-state index in [4.69, 9.17) is 16.2 Å². The lowest BCUT2D eigenvalue weighted by molar-refractivity contribution is -0.0250. The SMILES string of the molecule is NC(N)=NCC1CCCOC1c1ccccc1. The minimum absolute atomic E-state index is 0.119. The summed E-state index contributed by atoms with van der Waals surface area (Å²) in [6, 6.07) is 10.3.